The standard InChI is InChI=1S/C62H41N5/c1-40-13-9-11-19-51(40)48-29-31-59-55(33-48)56-34-49(52-20-12-10-14-41(52)2)30-32-60(56)67(59)61-53(44-25-21-42(38-63)22-26-44)35-50(36-54(61)45-27-23-43(39-64)24-28-45)58-37-57(46-15-5-3-6-16-46)65-62(66-58)47-17-7-4-8-18-47/h3-37H,1-2H3. The first-order chi connectivity index (χ1) is 32.9. The number of nitriles is 2. The zero-order chi connectivity index (χ0) is 45.4. The molecule has 5 nitrogen and oxygen atoms in total. The first-order valence-electron chi connectivity index (χ1n) is 22.3. The topological polar surface area (TPSA) is 78.3 Å². The first kappa shape index (κ1) is 40.6. The summed E-state index contributed by atoms with van der Waals surface area (Å²) in [6, 6.07) is 77.9. The molecule has 2 aromatic heterocycles. The zero-order valence-corrected chi connectivity index (χ0v) is 36.9. The molecule has 314 valence electrons. The Bertz CT molecular complexity index is 3520. The van der Waals surface area contributed by atoms with Gasteiger partial charge < -0.3 is 4.57 Å². The highest BCUT2D eigenvalue weighted by molar-refractivity contribution is 6.13. The third kappa shape index (κ3) is 7.51. The van der Waals surface area contributed by atoms with Crippen LogP contribution in [0.1, 0.15) is 22.3 Å². The van der Waals surface area contributed by atoms with Crippen LogP contribution in [0.25, 0.3) is 106 Å². The highest BCUT2D eigenvalue weighted by Crippen LogP contribution is 2.46. The number of fused-ring (bicyclic) bond motifs is 3. The Balaban J connectivity index is 1.26. The van der Waals surface area contributed by atoms with Gasteiger partial charge in [0.2, 0.25) is 0 Å². The molecule has 0 atom stereocenters. The monoisotopic (exact) mass is 855 g/mol. The summed E-state index contributed by atoms with van der Waals surface area (Å²) in [4.78, 5) is 10.4. The van der Waals surface area contributed by atoms with Crippen molar-refractivity contribution in [1.29, 1.82) is 10.5 Å². The average molecular weight is 856 g/mol. The number of benzene rings is 9. The summed E-state index contributed by atoms with van der Waals surface area (Å²) in [7, 11) is 0. The van der Waals surface area contributed by atoms with Crippen LogP contribution in [-0.2, 0) is 0 Å². The summed E-state index contributed by atoms with van der Waals surface area (Å²) in [5.74, 6) is 0.622. The Morgan fingerprint density at radius 1 is 0.358 bits per heavy atom. The molecule has 0 unspecified atom stereocenters. The minimum atomic E-state index is 0.578. The van der Waals surface area contributed by atoms with E-state index in [2.05, 4.69) is 146 Å². The Hall–Kier alpha value is -9.16. The molecule has 0 radical (unpaired) electrons. The molecule has 11 rings (SSSR count). The molecule has 11 aromatic rings. The van der Waals surface area contributed by atoms with E-state index in [1.54, 1.807) is 0 Å². The predicted octanol–water partition coefficient (Wildman–Crippen LogP) is 15.6. The maximum Gasteiger partial charge on any atom is 0.160 e. The Morgan fingerprint density at radius 2 is 0.776 bits per heavy atom. The van der Waals surface area contributed by atoms with Gasteiger partial charge in [0.1, 0.15) is 0 Å². The van der Waals surface area contributed by atoms with E-state index in [0.717, 1.165) is 89.0 Å². The Kier molecular flexibility index (Phi) is 10.4. The van der Waals surface area contributed by atoms with E-state index in [0.29, 0.717) is 17.0 Å². The second-order valence-electron chi connectivity index (χ2n) is 16.9. The lowest BCUT2D eigenvalue weighted by Crippen LogP contribution is -2.03. The normalized spacial score (nSPS) is 11.1. The number of nitrogens with zero attached hydrogens (tertiary/aromatic N) is 5. The fraction of sp³-hybridized carbons (Fsp3) is 0.0323. The van der Waals surface area contributed by atoms with Crippen LogP contribution >= 0.6 is 0 Å². The van der Waals surface area contributed by atoms with Crippen molar-refractivity contribution in [2.24, 2.45) is 0 Å². The molecule has 0 fully saturated rings. The van der Waals surface area contributed by atoms with Crippen molar-refractivity contribution in [3.05, 3.63) is 235 Å². The van der Waals surface area contributed by atoms with Gasteiger partial charge in [-0.1, -0.05) is 146 Å². The quantitative estimate of drug-likeness (QED) is 0.152. The van der Waals surface area contributed by atoms with Crippen molar-refractivity contribution >= 4 is 21.8 Å². The second-order valence-corrected chi connectivity index (χ2v) is 16.9. The molecule has 0 aliphatic heterocycles. The summed E-state index contributed by atoms with van der Waals surface area (Å²) in [5, 5.41) is 22.2. The number of aryl methyl sites for hydroxylation is 2. The SMILES string of the molecule is Cc1ccccc1-c1ccc2c(c1)c1cc(-c3ccccc3C)ccc1n2-c1c(-c2ccc(C#N)cc2)cc(-c2cc(-c3ccccc3)nc(-c3ccccc3)n2)cc1-c1ccc(C#N)cc1. The van der Waals surface area contributed by atoms with Crippen molar-refractivity contribution in [2.45, 2.75) is 13.8 Å². The summed E-state index contributed by atoms with van der Waals surface area (Å²) in [6.07, 6.45) is 0. The summed E-state index contributed by atoms with van der Waals surface area (Å²) in [5.41, 5.74) is 19.5. The highest BCUT2D eigenvalue weighted by atomic mass is 15.0. The summed E-state index contributed by atoms with van der Waals surface area (Å²) < 4.78 is 2.41. The van der Waals surface area contributed by atoms with Gasteiger partial charge in [-0.05, 0) is 125 Å². The number of rotatable bonds is 8. The largest absolute Gasteiger partial charge is 0.308 e. The van der Waals surface area contributed by atoms with Gasteiger partial charge in [0.15, 0.2) is 5.82 Å². The van der Waals surface area contributed by atoms with Crippen molar-refractivity contribution in [2.75, 3.05) is 0 Å². The van der Waals surface area contributed by atoms with E-state index >= 15 is 0 Å². The molecular formula is C62H41N5. The third-order valence-corrected chi connectivity index (χ3v) is 12.8. The molecule has 0 bridgehead atoms. The molecule has 0 N–H and O–H groups in total. The van der Waals surface area contributed by atoms with Crippen LogP contribution in [0.2, 0.25) is 0 Å². The Morgan fingerprint density at radius 3 is 1.24 bits per heavy atom. The molecule has 67 heavy (non-hydrogen) atoms. The lowest BCUT2D eigenvalue weighted by molar-refractivity contribution is 1.17. The van der Waals surface area contributed by atoms with Gasteiger partial charge in [0.05, 0.1) is 51.4 Å². The van der Waals surface area contributed by atoms with Gasteiger partial charge in [-0.3, -0.25) is 0 Å². The van der Waals surface area contributed by atoms with Crippen LogP contribution in [0.15, 0.2) is 212 Å². The molecular weight excluding hydrogens is 815 g/mol. The van der Waals surface area contributed by atoms with Crippen LogP contribution < -0.4 is 0 Å². The van der Waals surface area contributed by atoms with Crippen molar-refractivity contribution in [1.82, 2.24) is 14.5 Å². The minimum Gasteiger partial charge on any atom is -0.308 e. The fourth-order valence-corrected chi connectivity index (χ4v) is 9.37. The maximum atomic E-state index is 9.96. The van der Waals surface area contributed by atoms with Crippen LogP contribution in [0, 0.1) is 36.5 Å². The molecule has 0 aliphatic carbocycles. The van der Waals surface area contributed by atoms with Gasteiger partial charge in [0, 0.05) is 38.6 Å². The molecule has 9 aromatic carbocycles. The molecule has 0 saturated carbocycles. The second kappa shape index (κ2) is 17.1. The lowest BCUT2D eigenvalue weighted by atomic mass is 9.91. The van der Waals surface area contributed by atoms with Gasteiger partial charge in [-0.25, -0.2) is 9.97 Å². The molecule has 5 heteroatoms. The Labute approximate surface area is 389 Å². The van der Waals surface area contributed by atoms with E-state index in [1.807, 2.05) is 97.1 Å². The molecule has 0 saturated heterocycles. The van der Waals surface area contributed by atoms with Gasteiger partial charge in [-0.15, -0.1) is 0 Å². The van der Waals surface area contributed by atoms with Gasteiger partial charge in [-0.2, -0.15) is 10.5 Å². The summed E-state index contributed by atoms with van der Waals surface area (Å²) in [6.45, 7) is 4.33. The van der Waals surface area contributed by atoms with Crippen LogP contribution in [0.3, 0.4) is 0 Å². The average Bonchev–Trinajstić information content (AvgIpc) is 3.71. The van der Waals surface area contributed by atoms with E-state index < -0.39 is 0 Å². The molecule has 2 heterocycles. The highest BCUT2D eigenvalue weighted by Gasteiger charge is 2.24. The summed E-state index contributed by atoms with van der Waals surface area (Å²) >= 11 is 0. The minimum absolute atomic E-state index is 0.578. The van der Waals surface area contributed by atoms with Crippen molar-refractivity contribution in [3.8, 4) is 96.2 Å². The van der Waals surface area contributed by atoms with Crippen LogP contribution in [0.5, 0.6) is 0 Å². The number of aromatic nitrogens is 3. The van der Waals surface area contributed by atoms with Crippen molar-refractivity contribution in [3.63, 3.8) is 0 Å². The molecule has 0 spiro atoms. The van der Waals surface area contributed by atoms with Crippen LogP contribution in [-0.4, -0.2) is 14.5 Å². The maximum absolute atomic E-state index is 9.96. The smallest absolute Gasteiger partial charge is 0.160 e. The lowest BCUT2D eigenvalue weighted by Gasteiger charge is -2.21. The fourth-order valence-electron chi connectivity index (χ4n) is 9.37. The molecule has 0 amide bonds. The number of hydrogen-bond acceptors (Lipinski definition) is 4. The first-order valence-corrected chi connectivity index (χ1v) is 22.3. The molecule has 0 aliphatic rings. The third-order valence-electron chi connectivity index (χ3n) is 12.8. The zero-order valence-electron chi connectivity index (χ0n) is 36.9. The van der Waals surface area contributed by atoms with E-state index in [1.165, 1.54) is 22.3 Å². The van der Waals surface area contributed by atoms with E-state index in [-0.39, 0.29) is 0 Å². The van der Waals surface area contributed by atoms with E-state index in [4.69, 9.17) is 9.97 Å². The van der Waals surface area contributed by atoms with Crippen molar-refractivity contribution < 1.29 is 0 Å². The predicted molar refractivity (Wildman–Crippen MR) is 273 cm³/mol. The number of hydrogen-bond donors (Lipinski definition) is 0. The van der Waals surface area contributed by atoms with Crippen LogP contribution in [0.4, 0.5) is 0 Å². The van der Waals surface area contributed by atoms with Gasteiger partial charge >= 0.3 is 0 Å². The van der Waals surface area contributed by atoms with Gasteiger partial charge in [0.25, 0.3) is 0 Å². The van der Waals surface area contributed by atoms with E-state index in [9.17, 15) is 10.5 Å².